The van der Waals surface area contributed by atoms with Crippen LogP contribution >= 0.6 is 0 Å². The molecule has 92 valence electrons. The summed E-state index contributed by atoms with van der Waals surface area (Å²) in [6.45, 7) is 3.47. The van der Waals surface area contributed by atoms with Crippen molar-refractivity contribution in [1.82, 2.24) is 4.98 Å². The summed E-state index contributed by atoms with van der Waals surface area (Å²) in [6, 6.07) is 0. The van der Waals surface area contributed by atoms with Crippen LogP contribution in [0.5, 0.6) is 0 Å². The topological polar surface area (TPSA) is 82.0 Å². The third-order valence-electron chi connectivity index (χ3n) is 3.63. The first-order valence-electron chi connectivity index (χ1n) is 5.81. The summed E-state index contributed by atoms with van der Waals surface area (Å²) >= 11 is 0. The van der Waals surface area contributed by atoms with Crippen molar-refractivity contribution in [2.24, 2.45) is 5.73 Å². The standard InChI is InChI=1S/C12H17N3O2/c1-8-7-14-10(6-12(13)4-3-5-12)9(2)11(8)15(16)17/h7H,3-6,13H2,1-2H3. The summed E-state index contributed by atoms with van der Waals surface area (Å²) in [5.74, 6) is 0. The van der Waals surface area contributed by atoms with Crippen LogP contribution in [0.15, 0.2) is 6.20 Å². The van der Waals surface area contributed by atoms with Gasteiger partial charge in [0.15, 0.2) is 0 Å². The molecule has 1 saturated carbocycles. The van der Waals surface area contributed by atoms with E-state index >= 15 is 0 Å². The van der Waals surface area contributed by atoms with Crippen LogP contribution in [-0.2, 0) is 6.42 Å². The third-order valence-corrected chi connectivity index (χ3v) is 3.63. The van der Waals surface area contributed by atoms with Gasteiger partial charge in [0.1, 0.15) is 0 Å². The van der Waals surface area contributed by atoms with Gasteiger partial charge in [-0.2, -0.15) is 0 Å². The highest BCUT2D eigenvalue weighted by Crippen LogP contribution is 2.34. The number of aromatic nitrogens is 1. The number of nitrogens with zero attached hydrogens (tertiary/aromatic N) is 2. The van der Waals surface area contributed by atoms with E-state index in [0.717, 1.165) is 25.0 Å². The first-order valence-corrected chi connectivity index (χ1v) is 5.81. The lowest BCUT2D eigenvalue weighted by molar-refractivity contribution is -0.386. The fraction of sp³-hybridized carbons (Fsp3) is 0.583. The van der Waals surface area contributed by atoms with Gasteiger partial charge in [-0.05, 0) is 33.1 Å². The number of rotatable bonds is 3. The van der Waals surface area contributed by atoms with E-state index in [-0.39, 0.29) is 16.1 Å². The number of aryl methyl sites for hydroxylation is 1. The van der Waals surface area contributed by atoms with Gasteiger partial charge in [0, 0.05) is 29.3 Å². The second-order valence-electron chi connectivity index (χ2n) is 5.01. The van der Waals surface area contributed by atoms with E-state index in [1.165, 1.54) is 0 Å². The molecular weight excluding hydrogens is 218 g/mol. The molecule has 17 heavy (non-hydrogen) atoms. The highest BCUT2D eigenvalue weighted by atomic mass is 16.6. The van der Waals surface area contributed by atoms with Gasteiger partial charge < -0.3 is 5.73 Å². The minimum Gasteiger partial charge on any atom is -0.325 e. The SMILES string of the molecule is Cc1cnc(CC2(N)CCC2)c(C)c1[N+](=O)[O-]. The molecule has 0 atom stereocenters. The molecule has 0 aromatic carbocycles. The Hall–Kier alpha value is -1.49. The van der Waals surface area contributed by atoms with Crippen LogP contribution in [0.1, 0.15) is 36.1 Å². The Morgan fingerprint density at radius 1 is 1.53 bits per heavy atom. The van der Waals surface area contributed by atoms with E-state index in [2.05, 4.69) is 4.98 Å². The molecule has 0 bridgehead atoms. The minimum absolute atomic E-state index is 0.179. The Morgan fingerprint density at radius 3 is 2.65 bits per heavy atom. The van der Waals surface area contributed by atoms with Gasteiger partial charge in [-0.3, -0.25) is 15.1 Å². The zero-order valence-electron chi connectivity index (χ0n) is 10.2. The molecule has 2 N–H and O–H groups in total. The summed E-state index contributed by atoms with van der Waals surface area (Å²) < 4.78 is 0. The molecule has 0 radical (unpaired) electrons. The Morgan fingerprint density at radius 2 is 2.18 bits per heavy atom. The van der Waals surface area contributed by atoms with E-state index in [9.17, 15) is 10.1 Å². The van der Waals surface area contributed by atoms with Gasteiger partial charge in [-0.15, -0.1) is 0 Å². The molecule has 1 aromatic heterocycles. The normalized spacial score (nSPS) is 17.6. The fourth-order valence-corrected chi connectivity index (χ4v) is 2.37. The minimum atomic E-state index is -0.334. The zero-order chi connectivity index (χ0) is 12.6. The molecule has 5 nitrogen and oxygen atoms in total. The zero-order valence-corrected chi connectivity index (χ0v) is 10.2. The average Bonchev–Trinajstić information content (AvgIpc) is 2.19. The second kappa shape index (κ2) is 4.07. The van der Waals surface area contributed by atoms with Gasteiger partial charge in [-0.25, -0.2) is 0 Å². The number of pyridine rings is 1. The summed E-state index contributed by atoms with van der Waals surface area (Å²) in [5.41, 5.74) is 8.18. The van der Waals surface area contributed by atoms with Crippen LogP contribution in [0.2, 0.25) is 0 Å². The smallest absolute Gasteiger partial charge is 0.278 e. The van der Waals surface area contributed by atoms with E-state index < -0.39 is 0 Å². The quantitative estimate of drug-likeness (QED) is 0.642. The Bertz CT molecular complexity index is 467. The molecule has 2 rings (SSSR count). The van der Waals surface area contributed by atoms with Gasteiger partial charge in [0.05, 0.1) is 10.6 Å². The summed E-state index contributed by atoms with van der Waals surface area (Å²) in [5, 5.41) is 11.0. The average molecular weight is 235 g/mol. The summed E-state index contributed by atoms with van der Waals surface area (Å²) in [7, 11) is 0. The van der Waals surface area contributed by atoms with E-state index in [4.69, 9.17) is 5.73 Å². The Labute approximate surface area is 100 Å². The molecule has 1 heterocycles. The van der Waals surface area contributed by atoms with Crippen molar-refractivity contribution < 1.29 is 4.92 Å². The van der Waals surface area contributed by atoms with Crippen LogP contribution in [0.4, 0.5) is 5.69 Å². The molecule has 0 aliphatic heterocycles. The predicted octanol–water partition coefficient (Wildman–Crippen LogP) is 2.03. The lowest BCUT2D eigenvalue weighted by Gasteiger charge is -2.38. The maximum Gasteiger partial charge on any atom is 0.278 e. The van der Waals surface area contributed by atoms with Gasteiger partial charge in [0.25, 0.3) is 5.69 Å². The van der Waals surface area contributed by atoms with Crippen LogP contribution in [0.3, 0.4) is 0 Å². The van der Waals surface area contributed by atoms with E-state index in [1.807, 2.05) is 0 Å². The van der Waals surface area contributed by atoms with Crippen molar-refractivity contribution >= 4 is 5.69 Å². The van der Waals surface area contributed by atoms with Gasteiger partial charge in [0.2, 0.25) is 0 Å². The predicted molar refractivity (Wildman–Crippen MR) is 64.8 cm³/mol. The molecule has 0 unspecified atom stereocenters. The van der Waals surface area contributed by atoms with Crippen molar-refractivity contribution in [2.45, 2.75) is 45.1 Å². The van der Waals surface area contributed by atoms with Crippen LogP contribution < -0.4 is 5.73 Å². The van der Waals surface area contributed by atoms with Crippen molar-refractivity contribution in [1.29, 1.82) is 0 Å². The maximum atomic E-state index is 11.0. The summed E-state index contributed by atoms with van der Waals surface area (Å²) in [6.07, 6.45) is 5.32. The van der Waals surface area contributed by atoms with Crippen molar-refractivity contribution in [3.8, 4) is 0 Å². The highest BCUT2D eigenvalue weighted by Gasteiger charge is 2.34. The second-order valence-corrected chi connectivity index (χ2v) is 5.01. The molecule has 1 aliphatic rings. The van der Waals surface area contributed by atoms with Crippen molar-refractivity contribution in [2.75, 3.05) is 0 Å². The van der Waals surface area contributed by atoms with Gasteiger partial charge in [-0.1, -0.05) is 0 Å². The number of hydrogen-bond acceptors (Lipinski definition) is 4. The molecular formula is C12H17N3O2. The maximum absolute atomic E-state index is 11.0. The molecule has 1 aromatic rings. The molecule has 1 fully saturated rings. The number of nitro groups is 1. The fourth-order valence-electron chi connectivity index (χ4n) is 2.37. The Balaban J connectivity index is 2.35. The van der Waals surface area contributed by atoms with E-state index in [1.54, 1.807) is 20.0 Å². The van der Waals surface area contributed by atoms with Crippen LogP contribution in [0.25, 0.3) is 0 Å². The highest BCUT2D eigenvalue weighted by molar-refractivity contribution is 5.47. The monoisotopic (exact) mass is 235 g/mol. The van der Waals surface area contributed by atoms with Crippen LogP contribution in [-0.4, -0.2) is 15.4 Å². The first-order chi connectivity index (χ1) is 7.93. The van der Waals surface area contributed by atoms with Gasteiger partial charge >= 0.3 is 0 Å². The Kier molecular flexibility index (Phi) is 2.87. The molecule has 5 heteroatoms. The third kappa shape index (κ3) is 2.15. The molecule has 0 saturated heterocycles. The van der Waals surface area contributed by atoms with E-state index in [0.29, 0.717) is 17.5 Å². The molecule has 1 aliphatic carbocycles. The molecule has 0 spiro atoms. The lowest BCUT2D eigenvalue weighted by atomic mass is 9.74. The number of nitrogens with two attached hydrogens (primary N) is 1. The largest absolute Gasteiger partial charge is 0.325 e. The van der Waals surface area contributed by atoms with Crippen molar-refractivity contribution in [3.63, 3.8) is 0 Å². The lowest BCUT2D eigenvalue weighted by Crippen LogP contribution is -2.48. The van der Waals surface area contributed by atoms with Crippen molar-refractivity contribution in [3.05, 3.63) is 33.1 Å². The molecule has 0 amide bonds. The summed E-state index contributed by atoms with van der Waals surface area (Å²) in [4.78, 5) is 15.0. The number of hydrogen-bond donors (Lipinski definition) is 1. The van der Waals surface area contributed by atoms with Crippen LogP contribution in [0, 0.1) is 24.0 Å². The first kappa shape index (κ1) is 12.0.